The second-order valence-corrected chi connectivity index (χ2v) is 5.70. The minimum absolute atomic E-state index is 0.212. The van der Waals surface area contributed by atoms with Crippen LogP contribution in [0.1, 0.15) is 24.0 Å². The fourth-order valence-electron chi connectivity index (χ4n) is 2.74. The van der Waals surface area contributed by atoms with Crippen molar-refractivity contribution in [3.8, 4) is 0 Å². The summed E-state index contributed by atoms with van der Waals surface area (Å²) in [4.78, 5) is 13.0. The van der Waals surface area contributed by atoms with Gasteiger partial charge in [0, 0.05) is 18.2 Å². The van der Waals surface area contributed by atoms with Crippen LogP contribution in [-0.4, -0.2) is 36.5 Å². The summed E-state index contributed by atoms with van der Waals surface area (Å²) in [5.74, 6) is 0.727. The number of nitrogens with zero attached hydrogens (tertiary/aromatic N) is 2. The van der Waals surface area contributed by atoms with Crippen molar-refractivity contribution in [1.29, 1.82) is 0 Å². The van der Waals surface area contributed by atoms with Crippen molar-refractivity contribution >= 4 is 5.69 Å². The number of benzene rings is 1. The number of likely N-dealkylation sites (tertiary alicyclic amines) is 1. The molecule has 1 heterocycles. The summed E-state index contributed by atoms with van der Waals surface area (Å²) >= 11 is 0. The lowest BCUT2D eigenvalue weighted by Crippen LogP contribution is -2.34. The smallest absolute Gasteiger partial charge is 0.272 e. The van der Waals surface area contributed by atoms with Gasteiger partial charge in [0.2, 0.25) is 0 Å². The summed E-state index contributed by atoms with van der Waals surface area (Å²) in [5, 5.41) is 14.4. The molecule has 1 aliphatic rings. The van der Waals surface area contributed by atoms with Crippen LogP contribution in [0, 0.1) is 23.0 Å². The van der Waals surface area contributed by atoms with Gasteiger partial charge in [0.25, 0.3) is 5.69 Å². The van der Waals surface area contributed by atoms with Crippen LogP contribution in [0.25, 0.3) is 0 Å². The van der Waals surface area contributed by atoms with E-state index in [-0.39, 0.29) is 10.6 Å². The lowest BCUT2D eigenvalue weighted by molar-refractivity contribution is -0.385. The van der Waals surface area contributed by atoms with E-state index >= 15 is 0 Å². The highest BCUT2D eigenvalue weighted by Crippen LogP contribution is 2.21. The molecule has 1 saturated heterocycles. The Morgan fingerprint density at radius 1 is 1.40 bits per heavy atom. The van der Waals surface area contributed by atoms with E-state index in [4.69, 9.17) is 0 Å². The van der Waals surface area contributed by atoms with Gasteiger partial charge in [-0.15, -0.1) is 0 Å². The Kier molecular flexibility index (Phi) is 5.09. The number of nitrogens with one attached hydrogen (secondary N) is 1. The number of nitro benzene ring substituents is 1. The van der Waals surface area contributed by atoms with Gasteiger partial charge in [-0.1, -0.05) is 12.1 Å². The zero-order valence-electron chi connectivity index (χ0n) is 12.3. The molecule has 1 aromatic carbocycles. The molecule has 0 radical (unpaired) electrons. The van der Waals surface area contributed by atoms with E-state index in [1.54, 1.807) is 12.1 Å². The number of piperidine rings is 1. The standard InChI is InChI=1S/C15H23N3O2/c1-12-14(4-3-5-15(12)18(19)20)11-16-10-13-6-8-17(2)9-7-13/h3-5,13,16H,6-11H2,1-2H3. The lowest BCUT2D eigenvalue weighted by atomic mass is 9.97. The summed E-state index contributed by atoms with van der Waals surface area (Å²) in [7, 11) is 2.16. The maximum absolute atomic E-state index is 10.9. The zero-order valence-corrected chi connectivity index (χ0v) is 12.3. The molecule has 0 amide bonds. The number of hydrogen-bond acceptors (Lipinski definition) is 4. The highest BCUT2D eigenvalue weighted by atomic mass is 16.6. The molecule has 5 heteroatoms. The maximum Gasteiger partial charge on any atom is 0.272 e. The van der Waals surface area contributed by atoms with Gasteiger partial charge in [-0.25, -0.2) is 0 Å². The van der Waals surface area contributed by atoms with Crippen molar-refractivity contribution in [2.75, 3.05) is 26.7 Å². The van der Waals surface area contributed by atoms with Gasteiger partial charge in [-0.05, 0) is 57.9 Å². The van der Waals surface area contributed by atoms with E-state index < -0.39 is 0 Å². The largest absolute Gasteiger partial charge is 0.312 e. The molecule has 1 aromatic rings. The van der Waals surface area contributed by atoms with Crippen molar-refractivity contribution in [2.24, 2.45) is 5.92 Å². The lowest BCUT2D eigenvalue weighted by Gasteiger charge is -2.29. The third-order valence-electron chi connectivity index (χ3n) is 4.20. The van der Waals surface area contributed by atoms with Crippen LogP contribution in [0.2, 0.25) is 0 Å². The molecule has 0 atom stereocenters. The summed E-state index contributed by atoms with van der Waals surface area (Å²) in [6.45, 7) is 5.87. The Bertz CT molecular complexity index is 468. The first-order valence-corrected chi connectivity index (χ1v) is 7.20. The topological polar surface area (TPSA) is 58.4 Å². The van der Waals surface area contributed by atoms with Crippen LogP contribution in [0.3, 0.4) is 0 Å². The molecule has 1 fully saturated rings. The van der Waals surface area contributed by atoms with Crippen molar-refractivity contribution in [1.82, 2.24) is 10.2 Å². The van der Waals surface area contributed by atoms with Crippen LogP contribution in [0.4, 0.5) is 5.69 Å². The Hall–Kier alpha value is -1.46. The van der Waals surface area contributed by atoms with Crippen LogP contribution in [0.15, 0.2) is 18.2 Å². The first kappa shape index (κ1) is 14.9. The predicted molar refractivity (Wildman–Crippen MR) is 79.8 cm³/mol. The van der Waals surface area contributed by atoms with Gasteiger partial charge in [0.1, 0.15) is 0 Å². The van der Waals surface area contributed by atoms with Crippen LogP contribution < -0.4 is 5.32 Å². The molecule has 0 unspecified atom stereocenters. The summed E-state index contributed by atoms with van der Waals surface area (Å²) in [5.41, 5.74) is 2.00. The Labute approximate surface area is 120 Å². The van der Waals surface area contributed by atoms with Gasteiger partial charge >= 0.3 is 0 Å². The highest BCUT2D eigenvalue weighted by Gasteiger charge is 2.17. The van der Waals surface area contributed by atoms with E-state index in [1.165, 1.54) is 25.9 Å². The molecule has 20 heavy (non-hydrogen) atoms. The van der Waals surface area contributed by atoms with Gasteiger partial charge < -0.3 is 10.2 Å². The molecule has 5 nitrogen and oxygen atoms in total. The monoisotopic (exact) mass is 277 g/mol. The van der Waals surface area contributed by atoms with Gasteiger partial charge in [0.15, 0.2) is 0 Å². The van der Waals surface area contributed by atoms with Crippen molar-refractivity contribution < 1.29 is 4.92 Å². The fraction of sp³-hybridized carbons (Fsp3) is 0.600. The SMILES string of the molecule is Cc1c(CNCC2CCN(C)CC2)cccc1[N+](=O)[O-]. The number of hydrogen-bond donors (Lipinski definition) is 1. The van der Waals surface area contributed by atoms with E-state index in [0.29, 0.717) is 6.54 Å². The molecule has 0 aliphatic carbocycles. The molecule has 0 saturated carbocycles. The summed E-state index contributed by atoms with van der Waals surface area (Å²) in [6.07, 6.45) is 2.47. The zero-order chi connectivity index (χ0) is 14.5. The van der Waals surface area contributed by atoms with Gasteiger partial charge in [0.05, 0.1) is 4.92 Å². The number of rotatable bonds is 5. The molecule has 1 aliphatic heterocycles. The first-order valence-electron chi connectivity index (χ1n) is 7.20. The quantitative estimate of drug-likeness (QED) is 0.663. The van der Waals surface area contributed by atoms with Crippen LogP contribution in [0.5, 0.6) is 0 Å². The van der Waals surface area contributed by atoms with Crippen LogP contribution in [-0.2, 0) is 6.54 Å². The maximum atomic E-state index is 10.9. The van der Waals surface area contributed by atoms with E-state index in [0.717, 1.165) is 23.6 Å². The van der Waals surface area contributed by atoms with E-state index in [1.807, 2.05) is 13.0 Å². The number of nitro groups is 1. The predicted octanol–water partition coefficient (Wildman–Crippen LogP) is 2.33. The molecule has 0 spiro atoms. The minimum atomic E-state index is -0.310. The first-order chi connectivity index (χ1) is 9.58. The Balaban J connectivity index is 1.85. The highest BCUT2D eigenvalue weighted by molar-refractivity contribution is 5.44. The minimum Gasteiger partial charge on any atom is -0.312 e. The second-order valence-electron chi connectivity index (χ2n) is 5.70. The average molecular weight is 277 g/mol. The van der Waals surface area contributed by atoms with Crippen molar-refractivity contribution in [3.05, 3.63) is 39.4 Å². The molecule has 0 aromatic heterocycles. The van der Waals surface area contributed by atoms with Crippen molar-refractivity contribution in [3.63, 3.8) is 0 Å². The Morgan fingerprint density at radius 2 is 2.10 bits per heavy atom. The molecular weight excluding hydrogens is 254 g/mol. The molecular formula is C15H23N3O2. The van der Waals surface area contributed by atoms with Crippen LogP contribution >= 0.6 is 0 Å². The fourth-order valence-corrected chi connectivity index (χ4v) is 2.74. The summed E-state index contributed by atoms with van der Waals surface area (Å²) < 4.78 is 0. The van der Waals surface area contributed by atoms with Crippen molar-refractivity contribution in [2.45, 2.75) is 26.3 Å². The van der Waals surface area contributed by atoms with Gasteiger partial charge in [-0.3, -0.25) is 10.1 Å². The average Bonchev–Trinajstić information content (AvgIpc) is 2.42. The second kappa shape index (κ2) is 6.81. The third kappa shape index (κ3) is 3.77. The van der Waals surface area contributed by atoms with Gasteiger partial charge in [-0.2, -0.15) is 0 Å². The summed E-state index contributed by atoms with van der Waals surface area (Å²) in [6, 6.07) is 5.29. The Morgan fingerprint density at radius 3 is 2.75 bits per heavy atom. The van der Waals surface area contributed by atoms with E-state index in [9.17, 15) is 10.1 Å². The third-order valence-corrected chi connectivity index (χ3v) is 4.20. The normalized spacial score (nSPS) is 17.3. The molecule has 0 bridgehead atoms. The van der Waals surface area contributed by atoms with E-state index in [2.05, 4.69) is 17.3 Å². The molecule has 1 N–H and O–H groups in total. The molecule has 110 valence electrons. The molecule has 2 rings (SSSR count).